The van der Waals surface area contributed by atoms with Crippen LogP contribution in [0.25, 0.3) is 11.1 Å². The van der Waals surface area contributed by atoms with Crippen LogP contribution in [0, 0.1) is 5.92 Å². The molecule has 5 rings (SSSR count). The Bertz CT molecular complexity index is 1370. The number of anilines is 1. The highest BCUT2D eigenvalue weighted by atomic mass is 19.4. The van der Waals surface area contributed by atoms with Crippen molar-refractivity contribution in [3.8, 4) is 11.1 Å². The number of fused-ring (bicyclic) bond motifs is 2. The lowest BCUT2D eigenvalue weighted by Gasteiger charge is -2.43. The Morgan fingerprint density at radius 2 is 1.83 bits per heavy atom. The lowest BCUT2D eigenvalue weighted by atomic mass is 9.87. The average molecular weight is 574 g/mol. The largest absolute Gasteiger partial charge is 0.434 e. The molecule has 41 heavy (non-hydrogen) atoms. The predicted molar refractivity (Wildman–Crippen MR) is 141 cm³/mol. The van der Waals surface area contributed by atoms with E-state index in [-0.39, 0.29) is 24.7 Å². The second-order valence-electron chi connectivity index (χ2n) is 10.7. The van der Waals surface area contributed by atoms with Crippen molar-refractivity contribution >= 4 is 11.7 Å². The second-order valence-corrected chi connectivity index (χ2v) is 10.7. The van der Waals surface area contributed by atoms with E-state index in [2.05, 4.69) is 51.6 Å². The molecule has 4 heterocycles. The zero-order valence-electron chi connectivity index (χ0n) is 22.3. The highest BCUT2D eigenvalue weighted by Crippen LogP contribution is 2.38. The molecular formula is C28H30F3N5O5. The van der Waals surface area contributed by atoms with Crippen LogP contribution in [0.1, 0.15) is 35.6 Å². The Morgan fingerprint density at radius 3 is 2.49 bits per heavy atom. The molecule has 13 heteroatoms. The summed E-state index contributed by atoms with van der Waals surface area (Å²) in [6.07, 6.45) is -4.71. The summed E-state index contributed by atoms with van der Waals surface area (Å²) in [6.45, 7) is 3.94. The number of carbonyl (C=O) groups is 1. The molecule has 2 bridgehead atoms. The zero-order valence-corrected chi connectivity index (χ0v) is 22.3. The minimum absolute atomic E-state index is 0.144. The van der Waals surface area contributed by atoms with Gasteiger partial charge in [0.1, 0.15) is 35.4 Å². The van der Waals surface area contributed by atoms with E-state index in [0.717, 1.165) is 23.7 Å². The Balaban J connectivity index is 1.20. The fourth-order valence-corrected chi connectivity index (χ4v) is 4.94. The molecular weight excluding hydrogens is 543 g/mol. The van der Waals surface area contributed by atoms with Gasteiger partial charge in [-0.05, 0) is 29.5 Å². The maximum Gasteiger partial charge on any atom is 0.434 e. The predicted octanol–water partition coefficient (Wildman–Crippen LogP) is 2.81. The molecule has 1 amide bonds. The van der Waals surface area contributed by atoms with E-state index in [1.807, 2.05) is 12.1 Å². The van der Waals surface area contributed by atoms with Gasteiger partial charge >= 0.3 is 6.18 Å². The summed E-state index contributed by atoms with van der Waals surface area (Å²) in [7, 11) is 0. The number of aliphatic hydroxyl groups excluding tert-OH is 2. The van der Waals surface area contributed by atoms with Crippen molar-refractivity contribution in [1.82, 2.24) is 20.3 Å². The zero-order chi connectivity index (χ0) is 29.4. The number of aromatic nitrogens is 3. The molecule has 2 aliphatic rings. The number of pyridine rings is 1. The standard InChI is InChI=1S/C28H30F3N5O5/c1-15(2)9-16-3-5-17(6-4-16)18-7-8-19(33-10-18)25(39)34-13-27-14-40-26(41-27)22(23(37)24(27)38)36-21-12-32-11-20(35-21)28(29,30)31/h3-8,10-12,15,22-24,26,37-38H,9,13-14H2,1-2H3,(H,34,39)(H,35,36)/t22-,23-,24-,26+,27+/m1/s1. The van der Waals surface area contributed by atoms with Crippen molar-refractivity contribution in [1.29, 1.82) is 0 Å². The molecule has 0 radical (unpaired) electrons. The van der Waals surface area contributed by atoms with Crippen molar-refractivity contribution < 1.29 is 37.7 Å². The SMILES string of the molecule is CC(C)Cc1ccc(-c2ccc(C(=O)NC[C@@]34CO[C@@H](O3)[C@H](Nc3cncc(C(F)(F)F)n3)[C@@H](O)[C@H]4O)nc2)cc1. The smallest absolute Gasteiger partial charge is 0.388 e. The summed E-state index contributed by atoms with van der Waals surface area (Å²) in [5.74, 6) is -0.245. The first kappa shape index (κ1) is 28.9. The van der Waals surface area contributed by atoms with Crippen LogP contribution < -0.4 is 10.6 Å². The minimum Gasteiger partial charge on any atom is -0.388 e. The quantitative estimate of drug-likeness (QED) is 0.320. The van der Waals surface area contributed by atoms with Gasteiger partial charge < -0.3 is 30.3 Å². The van der Waals surface area contributed by atoms with Gasteiger partial charge in [0.2, 0.25) is 0 Å². The Hall–Kier alpha value is -3.65. The molecule has 10 nitrogen and oxygen atoms in total. The van der Waals surface area contributed by atoms with E-state index in [4.69, 9.17) is 9.47 Å². The monoisotopic (exact) mass is 573 g/mol. The molecule has 2 aromatic heterocycles. The summed E-state index contributed by atoms with van der Waals surface area (Å²) < 4.78 is 50.4. The van der Waals surface area contributed by atoms with E-state index in [1.165, 1.54) is 5.56 Å². The van der Waals surface area contributed by atoms with Crippen LogP contribution in [-0.2, 0) is 22.1 Å². The van der Waals surface area contributed by atoms with Gasteiger partial charge in [0.25, 0.3) is 5.91 Å². The Labute approximate surface area is 234 Å². The summed E-state index contributed by atoms with van der Waals surface area (Å²) >= 11 is 0. The number of carbonyl (C=O) groups excluding carboxylic acids is 1. The molecule has 1 aromatic carbocycles. The number of nitrogens with one attached hydrogen (secondary N) is 2. The van der Waals surface area contributed by atoms with Crippen LogP contribution in [-0.4, -0.2) is 74.4 Å². The van der Waals surface area contributed by atoms with Gasteiger partial charge in [0, 0.05) is 11.8 Å². The molecule has 0 saturated carbocycles. The van der Waals surface area contributed by atoms with Crippen molar-refractivity contribution in [3.05, 3.63) is 71.9 Å². The third-order valence-electron chi connectivity index (χ3n) is 7.08. The molecule has 2 aliphatic heterocycles. The Kier molecular flexibility index (Phi) is 7.97. The number of hydrogen-bond acceptors (Lipinski definition) is 9. The molecule has 0 unspecified atom stereocenters. The van der Waals surface area contributed by atoms with Crippen molar-refractivity contribution in [3.63, 3.8) is 0 Å². The molecule has 3 aromatic rings. The van der Waals surface area contributed by atoms with Crippen LogP contribution >= 0.6 is 0 Å². The first-order chi connectivity index (χ1) is 19.4. The van der Waals surface area contributed by atoms with Crippen LogP contribution in [0.3, 0.4) is 0 Å². The number of rotatable bonds is 8. The summed E-state index contributed by atoms with van der Waals surface area (Å²) in [5.41, 5.74) is 0.507. The molecule has 2 saturated heterocycles. The third-order valence-corrected chi connectivity index (χ3v) is 7.08. The van der Waals surface area contributed by atoms with Crippen LogP contribution in [0.5, 0.6) is 0 Å². The summed E-state index contributed by atoms with van der Waals surface area (Å²) in [5, 5.41) is 26.9. The van der Waals surface area contributed by atoms with Gasteiger partial charge in [-0.15, -0.1) is 0 Å². The van der Waals surface area contributed by atoms with E-state index < -0.39 is 47.9 Å². The third kappa shape index (κ3) is 6.17. The first-order valence-corrected chi connectivity index (χ1v) is 13.1. The molecule has 4 N–H and O–H groups in total. The topological polar surface area (TPSA) is 139 Å². The van der Waals surface area contributed by atoms with Crippen molar-refractivity contribution in [2.24, 2.45) is 5.92 Å². The molecule has 218 valence electrons. The minimum atomic E-state index is -4.71. The van der Waals surface area contributed by atoms with Crippen LogP contribution in [0.2, 0.25) is 0 Å². The van der Waals surface area contributed by atoms with Crippen molar-refractivity contribution in [2.45, 2.75) is 56.6 Å². The number of ether oxygens (including phenoxy) is 2. The van der Waals surface area contributed by atoms with E-state index >= 15 is 0 Å². The number of amides is 1. The lowest BCUT2D eigenvalue weighted by molar-refractivity contribution is -0.212. The molecule has 5 atom stereocenters. The maximum absolute atomic E-state index is 13.0. The average Bonchev–Trinajstić information content (AvgIpc) is 3.35. The first-order valence-electron chi connectivity index (χ1n) is 13.1. The second kappa shape index (κ2) is 11.3. The lowest BCUT2D eigenvalue weighted by Crippen LogP contribution is -2.66. The number of aliphatic hydroxyl groups is 2. The van der Waals surface area contributed by atoms with E-state index in [0.29, 0.717) is 12.1 Å². The van der Waals surface area contributed by atoms with Gasteiger partial charge in [-0.1, -0.05) is 44.2 Å². The van der Waals surface area contributed by atoms with E-state index in [9.17, 15) is 28.2 Å². The van der Waals surface area contributed by atoms with E-state index in [1.54, 1.807) is 18.3 Å². The fourth-order valence-electron chi connectivity index (χ4n) is 4.94. The highest BCUT2D eigenvalue weighted by Gasteiger charge is 2.59. The summed E-state index contributed by atoms with van der Waals surface area (Å²) in [4.78, 5) is 24.1. The Morgan fingerprint density at radius 1 is 1.10 bits per heavy atom. The van der Waals surface area contributed by atoms with Gasteiger partial charge in [-0.25, -0.2) is 4.98 Å². The molecule has 0 aliphatic carbocycles. The van der Waals surface area contributed by atoms with Gasteiger partial charge in [-0.2, -0.15) is 13.2 Å². The number of nitrogens with zero attached hydrogens (tertiary/aromatic N) is 3. The van der Waals surface area contributed by atoms with Crippen LogP contribution in [0.4, 0.5) is 19.0 Å². The van der Waals surface area contributed by atoms with Gasteiger partial charge in [0.05, 0.1) is 25.5 Å². The number of benzene rings is 1. The highest BCUT2D eigenvalue weighted by molar-refractivity contribution is 5.92. The number of hydrogen-bond donors (Lipinski definition) is 4. The van der Waals surface area contributed by atoms with Gasteiger partial charge in [-0.3, -0.25) is 14.8 Å². The van der Waals surface area contributed by atoms with Crippen molar-refractivity contribution in [2.75, 3.05) is 18.5 Å². The number of alkyl halides is 3. The fraction of sp³-hybridized carbons (Fsp3) is 0.429. The molecule has 2 fully saturated rings. The normalized spacial score (nSPS) is 25.8. The van der Waals surface area contributed by atoms with Crippen LogP contribution in [0.15, 0.2) is 55.0 Å². The molecule has 0 spiro atoms. The number of halogens is 3. The van der Waals surface area contributed by atoms with Gasteiger partial charge in [0.15, 0.2) is 12.0 Å². The summed E-state index contributed by atoms with van der Waals surface area (Å²) in [6, 6.07) is 10.4. The maximum atomic E-state index is 13.0.